The summed E-state index contributed by atoms with van der Waals surface area (Å²) in [6, 6.07) is 8.04. The molecule has 8 heteroatoms. The van der Waals surface area contributed by atoms with Crippen LogP contribution < -0.4 is 10.2 Å². The van der Waals surface area contributed by atoms with Gasteiger partial charge in [-0.1, -0.05) is 31.5 Å². The number of carboxylic acid groups (broad SMARTS) is 1. The van der Waals surface area contributed by atoms with Gasteiger partial charge in [-0.2, -0.15) is 0 Å². The third-order valence-corrected chi connectivity index (χ3v) is 6.58. The van der Waals surface area contributed by atoms with Crippen LogP contribution >= 0.6 is 11.6 Å². The number of aryl methyl sites for hydroxylation is 1. The van der Waals surface area contributed by atoms with Crippen molar-refractivity contribution in [3.63, 3.8) is 0 Å². The number of nitrogens with zero attached hydrogens (tertiary/aromatic N) is 3. The van der Waals surface area contributed by atoms with Crippen LogP contribution in [-0.2, 0) is 0 Å². The number of carboxylic acids is 1. The van der Waals surface area contributed by atoms with Gasteiger partial charge in [0.05, 0.1) is 17.2 Å². The third-order valence-electron chi connectivity index (χ3n) is 6.37. The van der Waals surface area contributed by atoms with Crippen molar-refractivity contribution in [3.8, 4) is 0 Å². The zero-order chi connectivity index (χ0) is 23.9. The van der Waals surface area contributed by atoms with Crippen molar-refractivity contribution in [2.24, 2.45) is 5.41 Å². The highest BCUT2D eigenvalue weighted by atomic mass is 35.5. The summed E-state index contributed by atoms with van der Waals surface area (Å²) in [5.74, 6) is -0.857. The lowest BCUT2D eigenvalue weighted by Gasteiger charge is -2.37. The monoisotopic (exact) mass is 470 g/mol. The first-order valence-corrected chi connectivity index (χ1v) is 11.4. The zero-order valence-corrected chi connectivity index (χ0v) is 20.0. The van der Waals surface area contributed by atoms with E-state index >= 15 is 4.39 Å². The lowest BCUT2D eigenvalue weighted by molar-refractivity contribution is 0.0691. The second kappa shape index (κ2) is 8.78. The fourth-order valence-corrected chi connectivity index (χ4v) is 4.46. The number of halogens is 2. The Hall–Kier alpha value is -2.93. The van der Waals surface area contributed by atoms with Crippen LogP contribution in [0.3, 0.4) is 0 Å². The molecule has 3 aromatic rings. The predicted octanol–water partition coefficient (Wildman–Crippen LogP) is 6.23. The Morgan fingerprint density at radius 3 is 2.58 bits per heavy atom. The van der Waals surface area contributed by atoms with Gasteiger partial charge in [0.2, 0.25) is 0 Å². The number of piperidine rings is 1. The maximum Gasteiger partial charge on any atom is 0.356 e. The van der Waals surface area contributed by atoms with E-state index in [2.05, 4.69) is 29.0 Å². The predicted molar refractivity (Wildman–Crippen MR) is 130 cm³/mol. The van der Waals surface area contributed by atoms with Gasteiger partial charge in [-0.05, 0) is 55.9 Å². The highest BCUT2D eigenvalue weighted by molar-refractivity contribution is 6.29. The number of benzene rings is 1. The molecule has 0 radical (unpaired) electrons. The van der Waals surface area contributed by atoms with Gasteiger partial charge in [-0.25, -0.2) is 19.2 Å². The molecule has 1 fully saturated rings. The van der Waals surface area contributed by atoms with Crippen LogP contribution in [0.5, 0.6) is 0 Å². The third kappa shape index (κ3) is 4.88. The van der Waals surface area contributed by atoms with Gasteiger partial charge in [0, 0.05) is 30.1 Å². The van der Waals surface area contributed by atoms with E-state index in [0.717, 1.165) is 37.1 Å². The molecular weight excluding hydrogens is 443 g/mol. The number of nitrogens with one attached hydrogen (secondary N) is 1. The van der Waals surface area contributed by atoms with Crippen LogP contribution in [0.4, 0.5) is 15.9 Å². The van der Waals surface area contributed by atoms with Crippen LogP contribution in [0.25, 0.3) is 10.9 Å². The van der Waals surface area contributed by atoms with E-state index < -0.39 is 5.97 Å². The molecule has 6 nitrogen and oxygen atoms in total. The van der Waals surface area contributed by atoms with Crippen LogP contribution in [-0.4, -0.2) is 34.1 Å². The average molecular weight is 471 g/mol. The highest BCUT2D eigenvalue weighted by Crippen LogP contribution is 2.35. The summed E-state index contributed by atoms with van der Waals surface area (Å²) in [7, 11) is 0. The number of aromatic carboxylic acids is 1. The summed E-state index contributed by atoms with van der Waals surface area (Å²) in [5, 5.41) is 13.3. The quantitative estimate of drug-likeness (QED) is 0.430. The SMILES string of the molecule is Cc1cc([C@@H](C)Nc2ccc(Cl)nc2C(=O)O)c2nc(N3CCC(C)(C)CC3)cc(F)c2c1. The molecule has 0 aliphatic carbocycles. The lowest BCUT2D eigenvalue weighted by Crippen LogP contribution is -2.37. The Labute approximate surface area is 197 Å². The van der Waals surface area contributed by atoms with Gasteiger partial charge >= 0.3 is 5.97 Å². The molecular formula is C25H28ClFN4O2. The first-order chi connectivity index (χ1) is 15.5. The zero-order valence-electron chi connectivity index (χ0n) is 19.2. The van der Waals surface area contributed by atoms with Crippen LogP contribution in [0, 0.1) is 18.2 Å². The molecule has 2 N–H and O–H groups in total. The fourth-order valence-electron chi connectivity index (χ4n) is 4.31. The minimum absolute atomic E-state index is 0.102. The van der Waals surface area contributed by atoms with Crippen molar-refractivity contribution in [3.05, 3.63) is 58.1 Å². The van der Waals surface area contributed by atoms with Gasteiger partial charge in [-0.15, -0.1) is 0 Å². The van der Waals surface area contributed by atoms with Crippen molar-refractivity contribution in [1.29, 1.82) is 0 Å². The molecule has 0 amide bonds. The largest absolute Gasteiger partial charge is 0.476 e. The smallest absolute Gasteiger partial charge is 0.356 e. The van der Waals surface area contributed by atoms with E-state index in [4.69, 9.17) is 16.6 Å². The van der Waals surface area contributed by atoms with E-state index in [9.17, 15) is 9.90 Å². The Morgan fingerprint density at radius 1 is 1.21 bits per heavy atom. The Bertz CT molecular complexity index is 1220. The summed E-state index contributed by atoms with van der Waals surface area (Å²) in [4.78, 5) is 22.6. The number of aromatic nitrogens is 2. The molecule has 0 saturated carbocycles. The minimum Gasteiger partial charge on any atom is -0.476 e. The topological polar surface area (TPSA) is 78.3 Å². The Kier molecular flexibility index (Phi) is 6.18. The number of anilines is 2. The second-order valence-electron chi connectivity index (χ2n) is 9.57. The molecule has 1 saturated heterocycles. The van der Waals surface area contributed by atoms with Gasteiger partial charge in [0.1, 0.15) is 16.8 Å². The Morgan fingerprint density at radius 2 is 1.91 bits per heavy atom. The molecule has 1 aliphatic rings. The van der Waals surface area contributed by atoms with Crippen molar-refractivity contribution < 1.29 is 14.3 Å². The number of fused-ring (bicyclic) bond motifs is 1. The molecule has 1 atom stereocenters. The molecule has 33 heavy (non-hydrogen) atoms. The molecule has 174 valence electrons. The first kappa shape index (κ1) is 23.2. The maximum absolute atomic E-state index is 15.2. The molecule has 2 aromatic heterocycles. The molecule has 3 heterocycles. The molecule has 0 unspecified atom stereocenters. The number of carbonyl (C=O) groups is 1. The maximum atomic E-state index is 15.2. The van der Waals surface area contributed by atoms with Crippen molar-refractivity contribution in [1.82, 2.24) is 9.97 Å². The van der Waals surface area contributed by atoms with Crippen molar-refractivity contribution in [2.75, 3.05) is 23.3 Å². The van der Waals surface area contributed by atoms with Gasteiger partial charge < -0.3 is 15.3 Å². The summed E-state index contributed by atoms with van der Waals surface area (Å²) in [6.45, 7) is 9.97. The summed E-state index contributed by atoms with van der Waals surface area (Å²) >= 11 is 5.88. The molecule has 1 aliphatic heterocycles. The first-order valence-electron chi connectivity index (χ1n) is 11.1. The van der Waals surface area contributed by atoms with Crippen LogP contribution in [0.1, 0.15) is 61.3 Å². The standard InChI is InChI=1S/C25H28ClFN4O2/c1-14-11-16(15(2)28-19-5-6-20(26)29-23(19)24(32)33)22-17(12-14)18(27)13-21(30-22)31-9-7-25(3,4)8-10-31/h5-6,11-13,15,28H,7-10H2,1-4H3,(H,32,33)/t15-/m1/s1. The molecule has 4 rings (SSSR count). The molecule has 0 spiro atoms. The number of rotatable bonds is 5. The number of hydrogen-bond donors (Lipinski definition) is 2. The van der Waals surface area contributed by atoms with Crippen LogP contribution in [0.15, 0.2) is 30.3 Å². The number of pyridine rings is 2. The van der Waals surface area contributed by atoms with Crippen LogP contribution in [0.2, 0.25) is 5.15 Å². The van der Waals surface area contributed by atoms with Crippen molar-refractivity contribution >= 4 is 40.0 Å². The summed E-state index contributed by atoms with van der Waals surface area (Å²) in [6.07, 6.45) is 2.04. The van der Waals surface area contributed by atoms with Crippen molar-refractivity contribution in [2.45, 2.75) is 46.6 Å². The van der Waals surface area contributed by atoms with E-state index in [1.807, 2.05) is 19.9 Å². The summed E-state index contributed by atoms with van der Waals surface area (Å²) in [5.41, 5.74) is 2.70. The second-order valence-corrected chi connectivity index (χ2v) is 9.95. The minimum atomic E-state index is -1.18. The van der Waals surface area contributed by atoms with E-state index in [1.54, 1.807) is 12.1 Å². The van der Waals surface area contributed by atoms with E-state index in [0.29, 0.717) is 22.4 Å². The van der Waals surface area contributed by atoms with Gasteiger partial charge in [0.15, 0.2) is 5.69 Å². The highest BCUT2D eigenvalue weighted by Gasteiger charge is 2.27. The van der Waals surface area contributed by atoms with E-state index in [-0.39, 0.29) is 28.1 Å². The summed E-state index contributed by atoms with van der Waals surface area (Å²) < 4.78 is 15.2. The fraction of sp³-hybridized carbons (Fsp3) is 0.400. The molecule has 1 aromatic carbocycles. The van der Waals surface area contributed by atoms with Gasteiger partial charge in [0.25, 0.3) is 0 Å². The number of hydrogen-bond acceptors (Lipinski definition) is 5. The van der Waals surface area contributed by atoms with E-state index in [1.165, 1.54) is 12.1 Å². The molecule has 0 bridgehead atoms. The average Bonchev–Trinajstić information content (AvgIpc) is 2.74. The lowest BCUT2D eigenvalue weighted by atomic mass is 9.83. The Balaban J connectivity index is 1.74. The normalized spacial score (nSPS) is 16.6. The van der Waals surface area contributed by atoms with Gasteiger partial charge in [-0.3, -0.25) is 0 Å².